The van der Waals surface area contributed by atoms with E-state index in [2.05, 4.69) is 61.6 Å². The largest absolute Gasteiger partial charge is 0.379 e. The summed E-state index contributed by atoms with van der Waals surface area (Å²) >= 11 is 0. The zero-order valence-electron chi connectivity index (χ0n) is 25.9. The fourth-order valence-electron chi connectivity index (χ4n) is 5.63. The fraction of sp³-hybridized carbons (Fsp3) is 0.657. The van der Waals surface area contributed by atoms with Gasteiger partial charge in [-0.25, -0.2) is 0 Å². The molecule has 3 unspecified atom stereocenters. The van der Waals surface area contributed by atoms with Crippen molar-refractivity contribution in [3.05, 3.63) is 46.7 Å². The second-order valence-electron chi connectivity index (χ2n) is 11.7. The maximum atomic E-state index is 12.7. The first-order chi connectivity index (χ1) is 19.2. The van der Waals surface area contributed by atoms with Crippen molar-refractivity contribution in [2.75, 3.05) is 33.4 Å². The monoisotopic (exact) mass is 571 g/mol. The number of nitrogens with one attached hydrogen (secondary N) is 1. The highest BCUT2D eigenvalue weighted by molar-refractivity contribution is 5.82. The molecule has 3 aliphatic rings. The molecule has 234 valence electrons. The second-order valence-corrected chi connectivity index (χ2v) is 11.7. The summed E-state index contributed by atoms with van der Waals surface area (Å²) in [4.78, 5) is 31.5. The Morgan fingerprint density at radius 1 is 1.15 bits per heavy atom. The van der Waals surface area contributed by atoms with E-state index >= 15 is 0 Å². The van der Waals surface area contributed by atoms with E-state index in [9.17, 15) is 9.59 Å². The van der Waals surface area contributed by atoms with Gasteiger partial charge < -0.3 is 14.8 Å². The van der Waals surface area contributed by atoms with Crippen molar-refractivity contribution in [3.8, 4) is 0 Å². The summed E-state index contributed by atoms with van der Waals surface area (Å²) in [5.41, 5.74) is 5.15. The number of ketones is 2. The van der Waals surface area contributed by atoms with Gasteiger partial charge in [0.15, 0.2) is 0 Å². The van der Waals surface area contributed by atoms with Crippen LogP contribution in [0.15, 0.2) is 45.5 Å². The third-order valence-electron chi connectivity index (χ3n) is 8.08. The Morgan fingerprint density at radius 3 is 2.41 bits per heavy atom. The molecule has 4 rings (SSSR count). The van der Waals surface area contributed by atoms with E-state index in [-0.39, 0.29) is 16.1 Å². The third-order valence-corrected chi connectivity index (χ3v) is 8.08. The average Bonchev–Trinajstić information content (AvgIpc) is 3.08. The maximum absolute atomic E-state index is 12.7. The van der Waals surface area contributed by atoms with Gasteiger partial charge in [-0.15, -0.1) is 0 Å². The second kappa shape index (κ2) is 20.4. The molecule has 0 spiro atoms. The van der Waals surface area contributed by atoms with E-state index in [0.29, 0.717) is 35.9 Å². The maximum Gasteiger partial charge on any atom is 0.133 e. The Balaban J connectivity index is 0. The first kappa shape index (κ1) is 36.6. The van der Waals surface area contributed by atoms with Crippen LogP contribution in [0.1, 0.15) is 94.0 Å². The minimum atomic E-state index is 0. The number of rotatable bonds is 7. The molecule has 1 aromatic rings. The highest BCUT2D eigenvalue weighted by atomic mass is 16.5. The van der Waals surface area contributed by atoms with Gasteiger partial charge in [0.2, 0.25) is 0 Å². The van der Waals surface area contributed by atoms with Crippen molar-refractivity contribution in [2.45, 2.75) is 93.4 Å². The van der Waals surface area contributed by atoms with Crippen LogP contribution in [-0.4, -0.2) is 57.3 Å². The molecule has 2 heterocycles. The van der Waals surface area contributed by atoms with Crippen molar-refractivity contribution in [3.63, 3.8) is 0 Å². The van der Waals surface area contributed by atoms with Gasteiger partial charge in [-0.05, 0) is 87.3 Å². The SMILES string of the molecule is C.C1COCCN1.CC(C)=O.CN=CC1=C(C2CCC[C@@H](CC(=O)CCc3ccccc3C)C2)N=CCC(C)C1C.[HH].[HH]. The smallest absolute Gasteiger partial charge is 0.133 e. The van der Waals surface area contributed by atoms with Crippen molar-refractivity contribution >= 4 is 24.0 Å². The van der Waals surface area contributed by atoms with Crippen LogP contribution in [0.2, 0.25) is 0 Å². The normalized spacial score (nSPS) is 24.2. The number of nitrogens with zero attached hydrogens (tertiary/aromatic N) is 2. The Hall–Kier alpha value is -2.44. The van der Waals surface area contributed by atoms with Gasteiger partial charge in [-0.1, -0.05) is 52.0 Å². The van der Waals surface area contributed by atoms with E-state index in [1.54, 1.807) is 0 Å². The van der Waals surface area contributed by atoms with E-state index in [1.165, 1.54) is 55.5 Å². The Morgan fingerprint density at radius 2 is 1.83 bits per heavy atom. The average molecular weight is 572 g/mol. The minimum Gasteiger partial charge on any atom is -0.379 e. The van der Waals surface area contributed by atoms with Crippen LogP contribution in [0.3, 0.4) is 0 Å². The van der Waals surface area contributed by atoms with Crippen LogP contribution in [0, 0.1) is 30.6 Å². The van der Waals surface area contributed by atoms with E-state index in [4.69, 9.17) is 9.73 Å². The molecule has 1 aromatic carbocycles. The van der Waals surface area contributed by atoms with Gasteiger partial charge in [0.25, 0.3) is 0 Å². The lowest BCUT2D eigenvalue weighted by molar-refractivity contribution is -0.120. The number of aliphatic imine (C=N–C) groups is 2. The molecular formula is C35H61N3O3. The predicted molar refractivity (Wildman–Crippen MR) is 178 cm³/mol. The Labute approximate surface area is 253 Å². The number of benzene rings is 1. The van der Waals surface area contributed by atoms with Crippen molar-refractivity contribution in [1.29, 1.82) is 0 Å². The van der Waals surface area contributed by atoms with Crippen LogP contribution in [0.5, 0.6) is 0 Å². The van der Waals surface area contributed by atoms with Gasteiger partial charge in [0.1, 0.15) is 11.6 Å². The summed E-state index contributed by atoms with van der Waals surface area (Å²) in [5, 5.41) is 3.16. The number of ether oxygens (including phenoxy) is 1. The van der Waals surface area contributed by atoms with Gasteiger partial charge in [-0.3, -0.25) is 14.8 Å². The number of hydrogen-bond acceptors (Lipinski definition) is 6. The number of hydrogen-bond donors (Lipinski definition) is 1. The summed E-state index contributed by atoms with van der Waals surface area (Å²) in [5.74, 6) is 2.60. The van der Waals surface area contributed by atoms with Gasteiger partial charge >= 0.3 is 0 Å². The summed E-state index contributed by atoms with van der Waals surface area (Å²) in [6.07, 6.45) is 12.1. The lowest BCUT2D eigenvalue weighted by atomic mass is 9.75. The number of carbonyl (C=O) groups is 2. The number of morpholine rings is 1. The topological polar surface area (TPSA) is 80.1 Å². The zero-order valence-corrected chi connectivity index (χ0v) is 25.9. The lowest BCUT2D eigenvalue weighted by Gasteiger charge is -2.31. The molecule has 6 nitrogen and oxygen atoms in total. The van der Waals surface area contributed by atoms with Crippen LogP contribution in [0.4, 0.5) is 0 Å². The molecule has 1 saturated carbocycles. The van der Waals surface area contributed by atoms with Gasteiger partial charge in [-0.2, -0.15) is 0 Å². The number of allylic oxidation sites excluding steroid dienone is 2. The molecule has 1 N–H and O–H groups in total. The highest BCUT2D eigenvalue weighted by Gasteiger charge is 2.30. The molecule has 0 radical (unpaired) electrons. The molecule has 2 aliphatic heterocycles. The first-order valence-electron chi connectivity index (χ1n) is 15.2. The number of aryl methyl sites for hydroxylation is 2. The third kappa shape index (κ3) is 13.8. The predicted octanol–water partition coefficient (Wildman–Crippen LogP) is 7.72. The Kier molecular flexibility index (Phi) is 18.2. The van der Waals surface area contributed by atoms with E-state index in [1.807, 2.05) is 13.3 Å². The van der Waals surface area contributed by atoms with Gasteiger partial charge in [0.05, 0.1) is 13.2 Å². The highest BCUT2D eigenvalue weighted by Crippen LogP contribution is 2.40. The standard InChI is InChI=1S/C27H38N2O.C4H9NO.C3H6O.CH4.2H2/c1-19-14-15-29-27(26(18-28-4)21(19)3)24-11-7-9-22(16-24)17-25(30)13-12-23-10-6-5-8-20(23)2;1-3-6-4-2-5-1;1-3(2)4;;;/h5-6,8,10,15,18-19,21-22,24H,7,9,11-14,16-17H2,1-4H3;5H,1-4H2;1-2H3;1H4;2*1H/t19?,21?,22-,24?;;;;;/m1...../s1. The molecule has 1 saturated heterocycles. The van der Waals surface area contributed by atoms with Gasteiger partial charge in [0, 0.05) is 59.9 Å². The molecular weight excluding hydrogens is 510 g/mol. The van der Waals surface area contributed by atoms with Crippen LogP contribution >= 0.6 is 0 Å². The molecule has 0 bridgehead atoms. The summed E-state index contributed by atoms with van der Waals surface area (Å²) < 4.78 is 5.01. The van der Waals surface area contributed by atoms with Crippen LogP contribution in [0.25, 0.3) is 0 Å². The van der Waals surface area contributed by atoms with E-state index < -0.39 is 0 Å². The molecule has 1 aliphatic carbocycles. The lowest BCUT2D eigenvalue weighted by Crippen LogP contribution is -2.30. The minimum absolute atomic E-state index is 0. The molecule has 6 heteroatoms. The quantitative estimate of drug-likeness (QED) is 0.340. The summed E-state index contributed by atoms with van der Waals surface area (Å²) in [6.45, 7) is 13.6. The number of carbonyl (C=O) groups excluding carboxylic acids is 2. The van der Waals surface area contributed by atoms with Crippen molar-refractivity contribution in [1.82, 2.24) is 5.32 Å². The molecule has 0 amide bonds. The molecule has 4 atom stereocenters. The summed E-state index contributed by atoms with van der Waals surface area (Å²) in [6, 6.07) is 8.41. The Bertz CT molecular complexity index is 1010. The first-order valence-corrected chi connectivity index (χ1v) is 15.2. The zero-order chi connectivity index (χ0) is 29.3. The molecule has 2 fully saturated rings. The summed E-state index contributed by atoms with van der Waals surface area (Å²) in [7, 11) is 1.85. The van der Waals surface area contributed by atoms with Crippen LogP contribution in [-0.2, 0) is 20.7 Å². The van der Waals surface area contributed by atoms with Crippen LogP contribution < -0.4 is 5.32 Å². The van der Waals surface area contributed by atoms with Crippen molar-refractivity contribution < 1.29 is 17.2 Å². The molecule has 0 aromatic heterocycles. The fourth-order valence-corrected chi connectivity index (χ4v) is 5.63. The van der Waals surface area contributed by atoms with Crippen molar-refractivity contribution in [2.24, 2.45) is 33.7 Å². The molecule has 41 heavy (non-hydrogen) atoms. The number of Topliss-reactive ketones (excluding diaryl/α,β-unsaturated/α-hetero) is 2. The van der Waals surface area contributed by atoms with E-state index in [0.717, 1.165) is 52.0 Å².